The summed E-state index contributed by atoms with van der Waals surface area (Å²) in [6, 6.07) is 11.2. The van der Waals surface area contributed by atoms with E-state index < -0.39 is 17.9 Å². The summed E-state index contributed by atoms with van der Waals surface area (Å²) >= 11 is 1.04. The van der Waals surface area contributed by atoms with E-state index in [0.29, 0.717) is 39.3 Å². The number of alkyl halides is 2. The SMILES string of the molecule is CC[C@@H](CO)Nc1nc(-c2cccc(NC(=O)Nc3ccc(C(C)(F)F)cc3)c2)c2c(N)c(C(N)=O)sc2n1. The number of nitrogens with two attached hydrogens (primary N) is 2. The molecule has 204 valence electrons. The van der Waals surface area contributed by atoms with Crippen molar-refractivity contribution in [2.24, 2.45) is 5.73 Å². The number of aromatic nitrogens is 2. The zero-order chi connectivity index (χ0) is 28.3. The van der Waals surface area contributed by atoms with E-state index in [1.807, 2.05) is 6.92 Å². The second-order valence-corrected chi connectivity index (χ2v) is 9.84. The highest BCUT2D eigenvalue weighted by Gasteiger charge is 2.24. The van der Waals surface area contributed by atoms with Gasteiger partial charge in [-0.05, 0) is 30.7 Å². The number of rotatable bonds is 9. The highest BCUT2D eigenvalue weighted by Crippen LogP contribution is 2.39. The molecule has 0 spiro atoms. The van der Waals surface area contributed by atoms with Crippen LogP contribution in [-0.4, -0.2) is 39.7 Å². The molecule has 2 heterocycles. The lowest BCUT2D eigenvalue weighted by atomic mass is 10.1. The molecule has 4 aromatic rings. The summed E-state index contributed by atoms with van der Waals surface area (Å²) in [5, 5.41) is 18.4. The number of benzene rings is 2. The Morgan fingerprint density at radius 3 is 2.41 bits per heavy atom. The van der Waals surface area contributed by atoms with Crippen molar-refractivity contribution in [3.8, 4) is 11.3 Å². The fourth-order valence-electron chi connectivity index (χ4n) is 3.82. The zero-order valence-corrected chi connectivity index (χ0v) is 21.9. The Morgan fingerprint density at radius 1 is 1.10 bits per heavy atom. The molecule has 1 atom stereocenters. The van der Waals surface area contributed by atoms with Crippen LogP contribution in [0.15, 0.2) is 48.5 Å². The standard InChI is InChI=1S/C26H27F2N7O3S/c1-3-15(12-36)31-24-34-20(18-19(29)21(22(30)37)39-23(18)35-24)13-5-4-6-17(11-13)33-25(38)32-16-9-7-14(8-10-16)26(2,27)28/h4-11,15,36H,3,12,29H2,1-2H3,(H2,30,37)(H,31,34,35)(H2,32,33,38)/t15-/m0/s1. The van der Waals surface area contributed by atoms with Gasteiger partial charge in [-0.2, -0.15) is 0 Å². The fraction of sp³-hybridized carbons (Fsp3) is 0.231. The average Bonchev–Trinajstić information content (AvgIpc) is 3.23. The number of thiophene rings is 1. The molecule has 0 aliphatic rings. The molecule has 10 nitrogen and oxygen atoms in total. The van der Waals surface area contributed by atoms with Crippen molar-refractivity contribution in [2.75, 3.05) is 28.3 Å². The molecule has 0 unspecified atom stereocenters. The molecule has 13 heteroatoms. The van der Waals surface area contributed by atoms with Crippen molar-refractivity contribution < 1.29 is 23.5 Å². The zero-order valence-electron chi connectivity index (χ0n) is 21.1. The molecule has 0 bridgehead atoms. The minimum atomic E-state index is -2.98. The van der Waals surface area contributed by atoms with Gasteiger partial charge in [0, 0.05) is 29.4 Å². The van der Waals surface area contributed by atoms with Crippen LogP contribution in [0.2, 0.25) is 0 Å². The third-order valence-corrected chi connectivity index (χ3v) is 7.02. The van der Waals surface area contributed by atoms with Crippen LogP contribution in [0.1, 0.15) is 35.5 Å². The summed E-state index contributed by atoms with van der Waals surface area (Å²) in [7, 11) is 0. The molecule has 0 saturated heterocycles. The van der Waals surface area contributed by atoms with Gasteiger partial charge in [0.05, 0.1) is 29.4 Å². The van der Waals surface area contributed by atoms with Crippen molar-refractivity contribution in [3.05, 3.63) is 59.0 Å². The number of urea groups is 1. The van der Waals surface area contributed by atoms with E-state index in [2.05, 4.69) is 25.9 Å². The molecule has 0 radical (unpaired) electrons. The van der Waals surface area contributed by atoms with Gasteiger partial charge in [0.25, 0.3) is 11.8 Å². The Labute approximate surface area is 226 Å². The van der Waals surface area contributed by atoms with Gasteiger partial charge in [-0.25, -0.2) is 23.5 Å². The van der Waals surface area contributed by atoms with Gasteiger partial charge in [0.1, 0.15) is 9.71 Å². The highest BCUT2D eigenvalue weighted by molar-refractivity contribution is 7.21. The van der Waals surface area contributed by atoms with Gasteiger partial charge in [0.15, 0.2) is 0 Å². The van der Waals surface area contributed by atoms with Crippen LogP contribution in [0.25, 0.3) is 21.5 Å². The molecule has 4 rings (SSSR count). The number of aliphatic hydroxyl groups excluding tert-OH is 1. The molecule has 2 aromatic carbocycles. The number of anilines is 4. The smallest absolute Gasteiger partial charge is 0.323 e. The van der Waals surface area contributed by atoms with E-state index in [1.54, 1.807) is 24.3 Å². The first kappa shape index (κ1) is 27.7. The Hall–Kier alpha value is -4.36. The van der Waals surface area contributed by atoms with Crippen LogP contribution in [0.4, 0.5) is 36.6 Å². The number of primary amides is 1. The number of nitrogen functional groups attached to an aromatic ring is 1. The van der Waals surface area contributed by atoms with E-state index >= 15 is 0 Å². The Balaban J connectivity index is 1.65. The van der Waals surface area contributed by atoms with Crippen LogP contribution in [0, 0.1) is 0 Å². The summed E-state index contributed by atoms with van der Waals surface area (Å²) < 4.78 is 26.9. The maximum absolute atomic E-state index is 13.4. The number of nitrogens with zero attached hydrogens (tertiary/aromatic N) is 2. The quantitative estimate of drug-likeness (QED) is 0.169. The molecule has 0 aliphatic carbocycles. The highest BCUT2D eigenvalue weighted by atomic mass is 32.1. The second kappa shape index (κ2) is 11.2. The minimum Gasteiger partial charge on any atom is -0.397 e. The Bertz CT molecular complexity index is 1520. The molecule has 2 aromatic heterocycles. The normalized spacial score (nSPS) is 12.2. The largest absolute Gasteiger partial charge is 0.397 e. The fourth-order valence-corrected chi connectivity index (χ4v) is 4.77. The number of nitrogens with one attached hydrogen (secondary N) is 3. The predicted molar refractivity (Wildman–Crippen MR) is 149 cm³/mol. The molecule has 0 fully saturated rings. The second-order valence-electron chi connectivity index (χ2n) is 8.84. The average molecular weight is 556 g/mol. The first-order valence-electron chi connectivity index (χ1n) is 11.9. The lowest BCUT2D eigenvalue weighted by Gasteiger charge is -2.15. The van der Waals surface area contributed by atoms with Gasteiger partial charge in [-0.3, -0.25) is 4.79 Å². The van der Waals surface area contributed by atoms with Crippen LogP contribution in [0.5, 0.6) is 0 Å². The van der Waals surface area contributed by atoms with E-state index in [9.17, 15) is 23.5 Å². The van der Waals surface area contributed by atoms with E-state index in [1.165, 1.54) is 24.3 Å². The molecular formula is C26H27F2N7O3S. The van der Waals surface area contributed by atoms with Crippen LogP contribution < -0.4 is 27.4 Å². The third-order valence-electron chi connectivity index (χ3n) is 5.90. The maximum Gasteiger partial charge on any atom is 0.323 e. The molecule has 3 amide bonds. The Kier molecular flexibility index (Phi) is 7.93. The van der Waals surface area contributed by atoms with Gasteiger partial charge in [-0.15, -0.1) is 11.3 Å². The number of carbonyl (C=O) groups excluding carboxylic acids is 2. The van der Waals surface area contributed by atoms with E-state index in [-0.39, 0.29) is 34.7 Å². The summed E-state index contributed by atoms with van der Waals surface area (Å²) in [6.45, 7) is 2.56. The number of hydrogen-bond donors (Lipinski definition) is 6. The molecular weight excluding hydrogens is 528 g/mol. The van der Waals surface area contributed by atoms with Crippen molar-refractivity contribution in [3.63, 3.8) is 0 Å². The monoisotopic (exact) mass is 555 g/mol. The van der Waals surface area contributed by atoms with Crippen molar-refractivity contribution in [1.29, 1.82) is 0 Å². The van der Waals surface area contributed by atoms with Crippen LogP contribution in [-0.2, 0) is 5.92 Å². The molecule has 39 heavy (non-hydrogen) atoms. The van der Waals surface area contributed by atoms with Gasteiger partial charge < -0.3 is 32.5 Å². The number of amides is 3. The number of aliphatic hydroxyl groups is 1. The number of halogens is 2. The predicted octanol–water partition coefficient (Wildman–Crippen LogP) is 4.98. The summed E-state index contributed by atoms with van der Waals surface area (Å²) in [5.41, 5.74) is 13.5. The molecule has 0 saturated carbocycles. The summed E-state index contributed by atoms with van der Waals surface area (Å²) in [6.07, 6.45) is 0.616. The number of hydrogen-bond acceptors (Lipinski definition) is 8. The lowest BCUT2D eigenvalue weighted by Crippen LogP contribution is -2.24. The number of carbonyl (C=O) groups is 2. The van der Waals surface area contributed by atoms with Crippen molar-refractivity contribution in [1.82, 2.24) is 9.97 Å². The number of fused-ring (bicyclic) bond motifs is 1. The summed E-state index contributed by atoms with van der Waals surface area (Å²) in [4.78, 5) is 34.2. The first-order valence-corrected chi connectivity index (χ1v) is 12.8. The Morgan fingerprint density at radius 2 is 1.79 bits per heavy atom. The van der Waals surface area contributed by atoms with Gasteiger partial charge in [0.2, 0.25) is 5.95 Å². The van der Waals surface area contributed by atoms with Crippen LogP contribution in [0.3, 0.4) is 0 Å². The maximum atomic E-state index is 13.4. The first-order chi connectivity index (χ1) is 18.5. The van der Waals surface area contributed by atoms with Crippen molar-refractivity contribution >= 4 is 56.5 Å². The topological polar surface area (TPSA) is 168 Å². The van der Waals surface area contributed by atoms with E-state index in [4.69, 9.17) is 11.5 Å². The van der Waals surface area contributed by atoms with Gasteiger partial charge in [-0.1, -0.05) is 31.2 Å². The van der Waals surface area contributed by atoms with Crippen molar-refractivity contribution in [2.45, 2.75) is 32.2 Å². The van der Waals surface area contributed by atoms with E-state index in [0.717, 1.165) is 18.3 Å². The summed E-state index contributed by atoms with van der Waals surface area (Å²) in [5.74, 6) is -3.45. The lowest BCUT2D eigenvalue weighted by molar-refractivity contribution is 0.0175. The third kappa shape index (κ3) is 6.21. The molecule has 8 N–H and O–H groups in total. The minimum absolute atomic E-state index is 0.134. The van der Waals surface area contributed by atoms with Gasteiger partial charge >= 0.3 is 6.03 Å². The molecule has 0 aliphatic heterocycles. The van der Waals surface area contributed by atoms with Crippen LogP contribution >= 0.6 is 11.3 Å².